The number of aromatic nitrogens is 5. The average Bonchev–Trinajstić information content (AvgIpc) is 3.84. The quantitative estimate of drug-likeness (QED) is 0.190. The summed E-state index contributed by atoms with van der Waals surface area (Å²) in [6, 6.07) is 58.9. The van der Waals surface area contributed by atoms with Gasteiger partial charge in [0.25, 0.3) is 0 Å². The Labute approximate surface area is 292 Å². The van der Waals surface area contributed by atoms with Crippen molar-refractivity contribution in [3.05, 3.63) is 176 Å². The number of nitrogens with zero attached hydrogens (tertiary/aromatic N) is 5. The lowest BCUT2D eigenvalue weighted by Crippen LogP contribution is -1.94. The normalized spacial score (nSPS) is 11.9. The zero-order valence-corrected chi connectivity index (χ0v) is 27.5. The van der Waals surface area contributed by atoms with Gasteiger partial charge in [0.15, 0.2) is 0 Å². The van der Waals surface area contributed by atoms with Crippen LogP contribution in [0.2, 0.25) is 0 Å². The summed E-state index contributed by atoms with van der Waals surface area (Å²) >= 11 is 0. The molecule has 11 rings (SSSR count). The van der Waals surface area contributed by atoms with E-state index in [1.54, 1.807) is 6.33 Å². The van der Waals surface area contributed by atoms with Gasteiger partial charge in [0.2, 0.25) is 0 Å². The second kappa shape index (κ2) is 10.8. The van der Waals surface area contributed by atoms with Gasteiger partial charge in [-0.1, -0.05) is 91.0 Å². The Balaban J connectivity index is 1.20. The highest BCUT2D eigenvalue weighted by Gasteiger charge is 2.21. The fourth-order valence-corrected chi connectivity index (χ4v) is 8.24. The number of para-hydroxylation sites is 4. The predicted octanol–water partition coefficient (Wildman–Crippen LogP) is 11.4. The molecule has 0 amide bonds. The molecule has 51 heavy (non-hydrogen) atoms. The van der Waals surface area contributed by atoms with Crippen LogP contribution < -0.4 is 0 Å². The maximum Gasteiger partial charge on any atom is 0.116 e. The number of fused-ring (bicyclic) bond motifs is 10. The van der Waals surface area contributed by atoms with E-state index in [1.807, 2.05) is 12.3 Å². The molecule has 0 N–H and O–H groups in total. The van der Waals surface area contributed by atoms with Gasteiger partial charge in [0.05, 0.1) is 44.8 Å². The largest absolute Gasteiger partial charge is 0.309 e. The third-order valence-corrected chi connectivity index (χ3v) is 10.4. The smallest absolute Gasteiger partial charge is 0.116 e. The SMILES string of the molecule is c1ccc(-n2c3ccc(-c4ccc5c6c7c8ccccc8n(-c8ccccc8)c7ccc6n(-c6ccccc6)c5c4)cc3c3ncncc32)cc1. The van der Waals surface area contributed by atoms with Crippen LogP contribution in [-0.2, 0) is 0 Å². The van der Waals surface area contributed by atoms with Crippen molar-refractivity contribution in [1.29, 1.82) is 0 Å². The van der Waals surface area contributed by atoms with Crippen LogP contribution in [0.4, 0.5) is 0 Å². The molecular formula is C46H29N5. The topological polar surface area (TPSA) is 40.6 Å². The van der Waals surface area contributed by atoms with Gasteiger partial charge in [-0.05, 0) is 83.9 Å². The number of hydrogen-bond donors (Lipinski definition) is 0. The van der Waals surface area contributed by atoms with E-state index in [0.29, 0.717) is 0 Å². The van der Waals surface area contributed by atoms with Crippen LogP contribution in [0.1, 0.15) is 0 Å². The Morgan fingerprint density at radius 1 is 0.353 bits per heavy atom. The van der Waals surface area contributed by atoms with Crippen molar-refractivity contribution in [2.75, 3.05) is 0 Å². The van der Waals surface area contributed by atoms with E-state index in [1.165, 1.54) is 43.6 Å². The zero-order valence-electron chi connectivity index (χ0n) is 27.5. The van der Waals surface area contributed by atoms with Crippen molar-refractivity contribution in [2.45, 2.75) is 0 Å². The first-order chi connectivity index (χ1) is 25.3. The molecule has 5 heteroatoms. The summed E-state index contributed by atoms with van der Waals surface area (Å²) in [5, 5.41) is 6.12. The van der Waals surface area contributed by atoms with Crippen LogP contribution >= 0.6 is 0 Å². The van der Waals surface area contributed by atoms with E-state index in [0.717, 1.165) is 50.1 Å². The maximum atomic E-state index is 4.76. The molecule has 7 aromatic carbocycles. The molecule has 0 aliphatic heterocycles. The van der Waals surface area contributed by atoms with Gasteiger partial charge >= 0.3 is 0 Å². The Morgan fingerprint density at radius 2 is 0.843 bits per heavy atom. The second-order valence-corrected chi connectivity index (χ2v) is 13.1. The van der Waals surface area contributed by atoms with Gasteiger partial charge in [-0.15, -0.1) is 0 Å². The molecule has 238 valence electrons. The third-order valence-electron chi connectivity index (χ3n) is 10.4. The summed E-state index contributed by atoms with van der Waals surface area (Å²) in [7, 11) is 0. The molecule has 0 bridgehead atoms. The van der Waals surface area contributed by atoms with Gasteiger partial charge in [-0.2, -0.15) is 0 Å². The number of rotatable bonds is 4. The maximum absolute atomic E-state index is 4.76. The Kier molecular flexibility index (Phi) is 5.89. The van der Waals surface area contributed by atoms with E-state index in [-0.39, 0.29) is 0 Å². The molecule has 0 aliphatic carbocycles. The van der Waals surface area contributed by atoms with Gasteiger partial charge in [0.1, 0.15) is 6.33 Å². The van der Waals surface area contributed by atoms with Gasteiger partial charge < -0.3 is 13.7 Å². The standard InChI is InChI=1S/C46H29N5/c1-4-12-32(13-5-1)49-38-19-11-10-18-35(38)44-40(49)24-25-41-45(44)36-22-20-31(27-42(36)51(41)34-16-8-3-9-17-34)30-21-23-39-37(26-30)46-43(28-47-29-48-46)50(39)33-14-6-2-7-15-33/h1-29H. The predicted molar refractivity (Wildman–Crippen MR) is 210 cm³/mol. The van der Waals surface area contributed by atoms with Crippen LogP contribution in [0.15, 0.2) is 176 Å². The summed E-state index contributed by atoms with van der Waals surface area (Å²) < 4.78 is 7.08. The minimum absolute atomic E-state index is 0.947. The molecule has 0 atom stereocenters. The Bertz CT molecular complexity index is 3120. The van der Waals surface area contributed by atoms with Gasteiger partial charge in [-0.25, -0.2) is 9.97 Å². The fraction of sp³-hybridized carbons (Fsp3) is 0. The third kappa shape index (κ3) is 4.03. The van der Waals surface area contributed by atoms with Crippen molar-refractivity contribution in [1.82, 2.24) is 23.7 Å². The lowest BCUT2D eigenvalue weighted by molar-refractivity contribution is 1.14. The fourth-order valence-electron chi connectivity index (χ4n) is 8.24. The minimum atomic E-state index is 0.947. The highest BCUT2D eigenvalue weighted by Crippen LogP contribution is 2.43. The van der Waals surface area contributed by atoms with Crippen molar-refractivity contribution < 1.29 is 0 Å². The first kappa shape index (κ1) is 27.9. The monoisotopic (exact) mass is 651 g/mol. The molecule has 11 aromatic rings. The van der Waals surface area contributed by atoms with Crippen LogP contribution in [-0.4, -0.2) is 23.7 Å². The molecule has 0 radical (unpaired) electrons. The molecule has 0 unspecified atom stereocenters. The molecule has 0 saturated heterocycles. The van der Waals surface area contributed by atoms with Crippen LogP contribution in [0, 0.1) is 0 Å². The highest BCUT2D eigenvalue weighted by atomic mass is 15.0. The van der Waals surface area contributed by atoms with Crippen LogP contribution in [0.3, 0.4) is 0 Å². The Morgan fingerprint density at radius 3 is 1.51 bits per heavy atom. The van der Waals surface area contributed by atoms with Gasteiger partial charge in [0, 0.05) is 44.0 Å². The van der Waals surface area contributed by atoms with E-state index >= 15 is 0 Å². The molecule has 0 spiro atoms. The van der Waals surface area contributed by atoms with Crippen LogP contribution in [0.5, 0.6) is 0 Å². The number of hydrogen-bond acceptors (Lipinski definition) is 2. The first-order valence-electron chi connectivity index (χ1n) is 17.2. The Hall–Kier alpha value is -6.98. The zero-order chi connectivity index (χ0) is 33.5. The highest BCUT2D eigenvalue weighted by molar-refractivity contribution is 6.29. The lowest BCUT2D eigenvalue weighted by Gasteiger charge is -2.10. The van der Waals surface area contributed by atoms with E-state index < -0.39 is 0 Å². The minimum Gasteiger partial charge on any atom is -0.309 e. The summed E-state index contributed by atoms with van der Waals surface area (Å²) in [6.45, 7) is 0. The van der Waals surface area contributed by atoms with Crippen LogP contribution in [0.25, 0.3) is 93.7 Å². The molecule has 0 aliphatic rings. The van der Waals surface area contributed by atoms with Crippen molar-refractivity contribution in [3.8, 4) is 28.2 Å². The summed E-state index contributed by atoms with van der Waals surface area (Å²) in [6.07, 6.45) is 3.55. The van der Waals surface area contributed by atoms with Gasteiger partial charge in [-0.3, -0.25) is 0 Å². The van der Waals surface area contributed by atoms with Crippen molar-refractivity contribution in [2.24, 2.45) is 0 Å². The lowest BCUT2D eigenvalue weighted by atomic mass is 10.0. The molecule has 0 fully saturated rings. The summed E-state index contributed by atoms with van der Waals surface area (Å²) in [5.41, 5.74) is 13.5. The molecule has 4 aromatic heterocycles. The van der Waals surface area contributed by atoms with Crippen molar-refractivity contribution in [3.63, 3.8) is 0 Å². The number of benzene rings is 7. The molecular weight excluding hydrogens is 623 g/mol. The van der Waals surface area contributed by atoms with E-state index in [9.17, 15) is 0 Å². The average molecular weight is 652 g/mol. The van der Waals surface area contributed by atoms with E-state index in [2.05, 4.69) is 176 Å². The van der Waals surface area contributed by atoms with E-state index in [4.69, 9.17) is 4.98 Å². The molecule has 5 nitrogen and oxygen atoms in total. The molecule has 0 saturated carbocycles. The first-order valence-corrected chi connectivity index (χ1v) is 17.2. The van der Waals surface area contributed by atoms with Crippen molar-refractivity contribution >= 4 is 65.5 Å². The summed E-state index contributed by atoms with van der Waals surface area (Å²) in [4.78, 5) is 9.15. The summed E-state index contributed by atoms with van der Waals surface area (Å²) in [5.74, 6) is 0. The molecule has 4 heterocycles. The second-order valence-electron chi connectivity index (χ2n) is 13.1.